The number of carbonyl (C=O) groups is 1. The van der Waals surface area contributed by atoms with Gasteiger partial charge in [0.1, 0.15) is 0 Å². The molecule has 6 nitrogen and oxygen atoms in total. The van der Waals surface area contributed by atoms with Crippen LogP contribution in [-0.4, -0.2) is 50.5 Å². The third kappa shape index (κ3) is 6.10. The number of amides is 1. The van der Waals surface area contributed by atoms with Gasteiger partial charge in [-0.05, 0) is 63.7 Å². The standard InChI is InChI=1S/C24H35N5OS/c1-19(23(30)25-17-20-11-5-2-6-12-20)31-24-27-26-22(18-28-15-9-4-10-16-28)29(24)21-13-7-3-8-14-21/h3,7-8,13-14,19-20H,2,4-6,9-12,15-18H2,1H3,(H,25,30). The van der Waals surface area contributed by atoms with Crippen molar-refractivity contribution in [2.45, 2.75) is 75.2 Å². The molecule has 1 aromatic heterocycles. The molecule has 1 amide bonds. The molecule has 1 aromatic carbocycles. The molecule has 1 N–H and O–H groups in total. The molecule has 1 saturated carbocycles. The number of thioether (sulfide) groups is 1. The Hall–Kier alpha value is -1.86. The molecule has 1 aliphatic heterocycles. The Kier molecular flexibility index (Phi) is 8.03. The largest absolute Gasteiger partial charge is 0.355 e. The van der Waals surface area contributed by atoms with Crippen LogP contribution >= 0.6 is 11.8 Å². The van der Waals surface area contributed by atoms with Crippen LogP contribution in [0.1, 0.15) is 64.1 Å². The van der Waals surface area contributed by atoms with Gasteiger partial charge in [-0.3, -0.25) is 14.3 Å². The van der Waals surface area contributed by atoms with Crippen LogP contribution < -0.4 is 5.32 Å². The summed E-state index contributed by atoms with van der Waals surface area (Å²) in [6, 6.07) is 10.3. The lowest BCUT2D eigenvalue weighted by Crippen LogP contribution is -2.35. The highest BCUT2D eigenvalue weighted by Crippen LogP contribution is 2.27. The first-order valence-electron chi connectivity index (χ1n) is 11.9. The van der Waals surface area contributed by atoms with Crippen molar-refractivity contribution < 1.29 is 4.79 Å². The van der Waals surface area contributed by atoms with Gasteiger partial charge in [0.2, 0.25) is 5.91 Å². The van der Waals surface area contributed by atoms with Gasteiger partial charge in [0, 0.05) is 12.2 Å². The minimum absolute atomic E-state index is 0.0933. The summed E-state index contributed by atoms with van der Waals surface area (Å²) in [5.74, 6) is 1.68. The normalized spacial score (nSPS) is 19.3. The van der Waals surface area contributed by atoms with Gasteiger partial charge in [-0.1, -0.05) is 55.6 Å². The average molecular weight is 442 g/mol. The van der Waals surface area contributed by atoms with E-state index in [1.165, 1.54) is 63.1 Å². The van der Waals surface area contributed by atoms with Crippen molar-refractivity contribution in [3.05, 3.63) is 36.2 Å². The van der Waals surface area contributed by atoms with Crippen molar-refractivity contribution in [1.82, 2.24) is 25.0 Å². The number of benzene rings is 1. The second kappa shape index (κ2) is 11.1. The molecule has 1 atom stereocenters. The summed E-state index contributed by atoms with van der Waals surface area (Å²) in [5, 5.41) is 12.8. The number of nitrogens with zero attached hydrogens (tertiary/aromatic N) is 4. The van der Waals surface area contributed by atoms with Crippen LogP contribution in [0.3, 0.4) is 0 Å². The van der Waals surface area contributed by atoms with Crippen LogP contribution in [0.4, 0.5) is 0 Å². The second-order valence-corrected chi connectivity index (χ2v) is 10.2. The lowest BCUT2D eigenvalue weighted by atomic mass is 9.89. The fourth-order valence-electron chi connectivity index (χ4n) is 4.62. The highest BCUT2D eigenvalue weighted by atomic mass is 32.2. The van der Waals surface area contributed by atoms with Crippen LogP contribution in [0.5, 0.6) is 0 Å². The van der Waals surface area contributed by atoms with E-state index in [0.29, 0.717) is 5.92 Å². The van der Waals surface area contributed by atoms with Crippen LogP contribution in [0.25, 0.3) is 5.69 Å². The van der Waals surface area contributed by atoms with Crippen molar-refractivity contribution in [3.8, 4) is 5.69 Å². The maximum atomic E-state index is 12.8. The van der Waals surface area contributed by atoms with Gasteiger partial charge in [-0.2, -0.15) is 0 Å². The highest BCUT2D eigenvalue weighted by molar-refractivity contribution is 8.00. The summed E-state index contributed by atoms with van der Waals surface area (Å²) in [5.41, 5.74) is 1.05. The molecular weight excluding hydrogens is 406 g/mol. The molecule has 31 heavy (non-hydrogen) atoms. The molecule has 0 radical (unpaired) electrons. The van der Waals surface area contributed by atoms with Crippen molar-refractivity contribution in [3.63, 3.8) is 0 Å². The molecule has 2 fully saturated rings. The monoisotopic (exact) mass is 441 g/mol. The fourth-order valence-corrected chi connectivity index (χ4v) is 5.54. The molecule has 1 aliphatic carbocycles. The predicted octanol–water partition coefficient (Wildman–Crippen LogP) is 4.43. The Balaban J connectivity index is 1.44. The van der Waals surface area contributed by atoms with E-state index < -0.39 is 0 Å². The van der Waals surface area contributed by atoms with Gasteiger partial charge in [0.15, 0.2) is 11.0 Å². The Morgan fingerprint density at radius 2 is 1.77 bits per heavy atom. The van der Waals surface area contributed by atoms with Crippen molar-refractivity contribution in [2.24, 2.45) is 5.92 Å². The lowest BCUT2D eigenvalue weighted by Gasteiger charge is -2.26. The third-order valence-electron chi connectivity index (χ3n) is 6.47. The van der Waals surface area contributed by atoms with E-state index in [1.54, 1.807) is 0 Å². The van der Waals surface area contributed by atoms with E-state index in [1.807, 2.05) is 25.1 Å². The number of rotatable bonds is 8. The minimum Gasteiger partial charge on any atom is -0.355 e. The van der Waals surface area contributed by atoms with Crippen molar-refractivity contribution in [2.75, 3.05) is 19.6 Å². The number of likely N-dealkylation sites (tertiary alicyclic amines) is 1. The molecular formula is C24H35N5OS. The SMILES string of the molecule is CC(Sc1nnc(CN2CCCCC2)n1-c1ccccc1)C(=O)NCC1CCCCC1. The maximum Gasteiger partial charge on any atom is 0.233 e. The molecule has 168 valence electrons. The summed E-state index contributed by atoms with van der Waals surface area (Å²) in [6.07, 6.45) is 10.2. The topological polar surface area (TPSA) is 63.1 Å². The fraction of sp³-hybridized carbons (Fsp3) is 0.625. The predicted molar refractivity (Wildman–Crippen MR) is 125 cm³/mol. The second-order valence-electron chi connectivity index (χ2n) is 8.92. The number of carbonyl (C=O) groups excluding carboxylic acids is 1. The first kappa shape index (κ1) is 22.3. The molecule has 1 saturated heterocycles. The number of piperidine rings is 1. The molecule has 2 aromatic rings. The minimum atomic E-state index is -0.210. The molecule has 0 spiro atoms. The third-order valence-corrected chi connectivity index (χ3v) is 7.51. The van der Waals surface area contributed by atoms with E-state index in [-0.39, 0.29) is 11.2 Å². The Morgan fingerprint density at radius 3 is 2.52 bits per heavy atom. The molecule has 4 rings (SSSR count). The van der Waals surface area contributed by atoms with Gasteiger partial charge >= 0.3 is 0 Å². The van der Waals surface area contributed by atoms with E-state index >= 15 is 0 Å². The van der Waals surface area contributed by atoms with Crippen molar-refractivity contribution in [1.29, 1.82) is 0 Å². The quantitative estimate of drug-likeness (QED) is 0.614. The summed E-state index contributed by atoms with van der Waals surface area (Å²) in [7, 11) is 0. The van der Waals surface area contributed by atoms with Crippen LogP contribution in [-0.2, 0) is 11.3 Å². The van der Waals surface area contributed by atoms with Crippen LogP contribution in [0.15, 0.2) is 35.5 Å². The first-order chi connectivity index (χ1) is 15.2. The van der Waals surface area contributed by atoms with Crippen molar-refractivity contribution >= 4 is 17.7 Å². The smallest absolute Gasteiger partial charge is 0.233 e. The zero-order valence-electron chi connectivity index (χ0n) is 18.6. The van der Waals surface area contributed by atoms with Gasteiger partial charge in [-0.15, -0.1) is 10.2 Å². The van der Waals surface area contributed by atoms with Gasteiger partial charge < -0.3 is 5.32 Å². The Bertz CT molecular complexity index is 828. The first-order valence-corrected chi connectivity index (χ1v) is 12.7. The Labute approximate surface area is 190 Å². The lowest BCUT2D eigenvalue weighted by molar-refractivity contribution is -0.120. The van der Waals surface area contributed by atoms with Gasteiger partial charge in [0.25, 0.3) is 0 Å². The summed E-state index contributed by atoms with van der Waals surface area (Å²) < 4.78 is 2.13. The highest BCUT2D eigenvalue weighted by Gasteiger charge is 2.23. The zero-order chi connectivity index (χ0) is 21.5. The van der Waals surface area contributed by atoms with Crippen LogP contribution in [0.2, 0.25) is 0 Å². The van der Waals surface area contributed by atoms with E-state index in [4.69, 9.17) is 0 Å². The average Bonchev–Trinajstić information content (AvgIpc) is 3.21. The van der Waals surface area contributed by atoms with E-state index in [9.17, 15) is 4.79 Å². The molecule has 0 bridgehead atoms. The van der Waals surface area contributed by atoms with Crippen LogP contribution in [0, 0.1) is 5.92 Å². The number of hydrogen-bond acceptors (Lipinski definition) is 5. The molecule has 2 heterocycles. The number of hydrogen-bond donors (Lipinski definition) is 1. The Morgan fingerprint density at radius 1 is 1.06 bits per heavy atom. The zero-order valence-corrected chi connectivity index (χ0v) is 19.4. The van der Waals surface area contributed by atoms with E-state index in [0.717, 1.165) is 42.8 Å². The maximum absolute atomic E-state index is 12.8. The summed E-state index contributed by atoms with van der Waals surface area (Å²) >= 11 is 1.50. The molecule has 1 unspecified atom stereocenters. The number of para-hydroxylation sites is 1. The number of nitrogens with one attached hydrogen (secondary N) is 1. The van der Waals surface area contributed by atoms with E-state index in [2.05, 4.69) is 37.1 Å². The summed E-state index contributed by atoms with van der Waals surface area (Å²) in [4.78, 5) is 15.2. The number of aromatic nitrogens is 3. The molecule has 2 aliphatic rings. The van der Waals surface area contributed by atoms with Gasteiger partial charge in [0.05, 0.1) is 11.8 Å². The summed E-state index contributed by atoms with van der Waals surface area (Å²) in [6.45, 7) is 5.80. The van der Waals surface area contributed by atoms with Gasteiger partial charge in [-0.25, -0.2) is 0 Å². The molecule has 7 heteroatoms.